The fourth-order valence-corrected chi connectivity index (χ4v) is 10.8. The van der Waals surface area contributed by atoms with Gasteiger partial charge in [0, 0.05) is 81.5 Å². The lowest BCUT2D eigenvalue weighted by Crippen LogP contribution is -2.57. The third kappa shape index (κ3) is 12.8. The second kappa shape index (κ2) is 23.4. The second-order valence-electron chi connectivity index (χ2n) is 21.4. The van der Waals surface area contributed by atoms with Crippen molar-refractivity contribution in [2.45, 2.75) is 116 Å². The molecular formula is C55H68FN13O6S. The molecule has 4 aromatic heterocycles. The van der Waals surface area contributed by atoms with Crippen LogP contribution in [0.2, 0.25) is 0 Å². The quantitative estimate of drug-likeness (QED) is 0.0450. The zero-order valence-electron chi connectivity index (χ0n) is 43.8. The van der Waals surface area contributed by atoms with Crippen LogP contribution < -0.4 is 21.3 Å². The fourth-order valence-electron chi connectivity index (χ4n) is 9.94. The van der Waals surface area contributed by atoms with Gasteiger partial charge in [0.1, 0.15) is 17.9 Å². The van der Waals surface area contributed by atoms with Crippen molar-refractivity contribution in [1.82, 2.24) is 60.2 Å². The molecule has 0 spiro atoms. The minimum atomic E-state index is -0.914. The van der Waals surface area contributed by atoms with E-state index in [1.165, 1.54) is 11.0 Å². The Kier molecular flexibility index (Phi) is 16.6. The predicted octanol–water partition coefficient (Wildman–Crippen LogP) is 6.51. The number of benzene rings is 2. The van der Waals surface area contributed by atoms with Gasteiger partial charge in [0.15, 0.2) is 11.5 Å². The Labute approximate surface area is 445 Å². The molecule has 4 atom stereocenters. The number of carbonyl (C=O) groups excluding carboxylic acids is 5. The number of aromatic nitrogens is 6. The molecule has 3 fully saturated rings. The van der Waals surface area contributed by atoms with E-state index in [0.29, 0.717) is 56.5 Å². The molecule has 19 nitrogen and oxygen atoms in total. The number of anilines is 2. The first kappa shape index (κ1) is 53.7. The minimum Gasteiger partial charge on any atom is -0.391 e. The number of aliphatic hydroxyl groups is 1. The van der Waals surface area contributed by atoms with Crippen LogP contribution in [-0.4, -0.2) is 143 Å². The molecule has 2 aromatic carbocycles. The number of fused-ring (bicyclic) bond motifs is 1. The Balaban J connectivity index is 0.665. The van der Waals surface area contributed by atoms with E-state index in [2.05, 4.69) is 41.4 Å². The standard InChI is InChI=1S/C55H68FN13O6S/c1-33(35-11-15-37(16-12-35)48-34(2)59-32-76-48)62-52(73)44-25-40(70)29-69(44)54(75)49(55(3,4)5)65-46(71)10-8-6-7-9-19-57-47(72)31-66-20-22-67(23-21-66)53(74)38-17-18-42(41(56)24-38)63-50-51-58-28-45(39-26-60-61-27-39)68(51)30-43(64-50)36-13-14-36/h11-12,15-18,24,26-28,30,32-33,36,40,44,49,70H,6-10,13-14,19-23,25,29,31H2,1-5H3,(H,57,72)(H,60,61)(H,62,73)(H,63,64)(H,65,71)/t33-,40-,44+,49+/m0/s1. The molecule has 1 aliphatic carbocycles. The third-order valence-electron chi connectivity index (χ3n) is 14.5. The molecule has 76 heavy (non-hydrogen) atoms. The number of hydrogen-bond acceptors (Lipinski definition) is 13. The number of amides is 5. The van der Waals surface area contributed by atoms with Crippen LogP contribution >= 0.6 is 11.3 Å². The molecule has 1 saturated carbocycles. The summed E-state index contributed by atoms with van der Waals surface area (Å²) in [7, 11) is 0. The van der Waals surface area contributed by atoms with E-state index in [4.69, 9.17) is 4.98 Å². The summed E-state index contributed by atoms with van der Waals surface area (Å²) in [5, 5.41) is 29.6. The molecular weight excluding hydrogens is 990 g/mol. The molecule has 402 valence electrons. The van der Waals surface area contributed by atoms with E-state index in [9.17, 15) is 29.1 Å². The molecule has 0 radical (unpaired) electrons. The third-order valence-corrected chi connectivity index (χ3v) is 15.5. The number of nitrogens with zero attached hydrogens (tertiary/aromatic N) is 8. The van der Waals surface area contributed by atoms with E-state index < -0.39 is 35.3 Å². The van der Waals surface area contributed by atoms with Crippen molar-refractivity contribution in [2.24, 2.45) is 5.41 Å². The number of likely N-dealkylation sites (tertiary alicyclic amines) is 1. The maximum Gasteiger partial charge on any atom is 0.254 e. The molecule has 9 rings (SSSR count). The van der Waals surface area contributed by atoms with Gasteiger partial charge in [-0.15, -0.1) is 11.3 Å². The molecule has 0 unspecified atom stereocenters. The van der Waals surface area contributed by atoms with Crippen LogP contribution in [0.5, 0.6) is 0 Å². The van der Waals surface area contributed by atoms with Crippen molar-refractivity contribution in [3.8, 4) is 21.7 Å². The van der Waals surface area contributed by atoms with Gasteiger partial charge in [-0.2, -0.15) is 5.10 Å². The summed E-state index contributed by atoms with van der Waals surface area (Å²) in [5.41, 5.74) is 7.58. The number of halogens is 1. The first-order valence-electron chi connectivity index (χ1n) is 26.3. The van der Waals surface area contributed by atoms with Crippen LogP contribution in [0, 0.1) is 18.2 Å². The van der Waals surface area contributed by atoms with E-state index in [-0.39, 0.29) is 66.9 Å². The van der Waals surface area contributed by atoms with Gasteiger partial charge < -0.3 is 36.2 Å². The molecule has 0 bridgehead atoms. The summed E-state index contributed by atoms with van der Waals surface area (Å²) in [4.78, 5) is 87.3. The molecule has 21 heteroatoms. The van der Waals surface area contributed by atoms with E-state index in [1.807, 2.05) is 79.9 Å². The lowest BCUT2D eigenvalue weighted by molar-refractivity contribution is -0.144. The van der Waals surface area contributed by atoms with Gasteiger partial charge in [-0.05, 0) is 74.3 Å². The van der Waals surface area contributed by atoms with Crippen molar-refractivity contribution < 1.29 is 33.5 Å². The average molecular weight is 1060 g/mol. The average Bonchev–Trinajstić information content (AvgIpc) is 3.74. The lowest BCUT2D eigenvalue weighted by atomic mass is 9.85. The summed E-state index contributed by atoms with van der Waals surface area (Å²) < 4.78 is 17.6. The maximum atomic E-state index is 15.7. The molecule has 6 aromatic rings. The SMILES string of the molecule is Cc1ncsc1-c1ccc([C@H](C)NC(=O)[C@H]2C[C@H](O)CN2C(=O)[C@@H](NC(=O)CCCCCCNC(=O)CN2CCN(C(=O)c3ccc(Nc4nc(C5CC5)cn5c(-c6cn[nH]c6)cnc45)c(F)c3)CC2)C(C)(C)C)cc1. The number of nitrogens with one attached hydrogen (secondary N) is 5. The van der Waals surface area contributed by atoms with E-state index in [1.54, 1.807) is 47.0 Å². The summed E-state index contributed by atoms with van der Waals surface area (Å²) >= 11 is 1.57. The number of aryl methyl sites for hydroxylation is 1. The smallest absolute Gasteiger partial charge is 0.254 e. The van der Waals surface area contributed by atoms with Crippen LogP contribution in [0.4, 0.5) is 15.9 Å². The van der Waals surface area contributed by atoms with Crippen LogP contribution in [0.15, 0.2) is 72.8 Å². The molecule has 3 aliphatic rings. The Morgan fingerprint density at radius 1 is 0.921 bits per heavy atom. The predicted molar refractivity (Wildman–Crippen MR) is 287 cm³/mol. The van der Waals surface area contributed by atoms with Crippen molar-refractivity contribution in [3.63, 3.8) is 0 Å². The van der Waals surface area contributed by atoms with Crippen molar-refractivity contribution in [3.05, 3.63) is 101 Å². The topological polar surface area (TPSA) is 235 Å². The van der Waals surface area contributed by atoms with Gasteiger partial charge >= 0.3 is 0 Å². The number of rotatable bonds is 20. The van der Waals surface area contributed by atoms with Gasteiger partial charge in [-0.25, -0.2) is 19.3 Å². The van der Waals surface area contributed by atoms with Gasteiger partial charge in [0.2, 0.25) is 23.6 Å². The Hall–Kier alpha value is -7.10. The number of unbranched alkanes of at least 4 members (excludes halogenated alkanes) is 3. The number of aromatic amines is 1. The summed E-state index contributed by atoms with van der Waals surface area (Å²) in [6.07, 6.45) is 11.6. The number of H-pyrrole nitrogens is 1. The molecule has 6 heterocycles. The minimum absolute atomic E-state index is 0.00835. The first-order chi connectivity index (χ1) is 36.5. The first-order valence-corrected chi connectivity index (χ1v) is 27.2. The summed E-state index contributed by atoms with van der Waals surface area (Å²) in [6.45, 7) is 11.9. The number of imidazole rings is 1. The Morgan fingerprint density at radius 2 is 1.68 bits per heavy atom. The van der Waals surface area contributed by atoms with Crippen LogP contribution in [0.25, 0.3) is 27.3 Å². The van der Waals surface area contributed by atoms with Crippen molar-refractivity contribution in [1.29, 1.82) is 0 Å². The lowest BCUT2D eigenvalue weighted by Gasteiger charge is -2.35. The second-order valence-corrected chi connectivity index (χ2v) is 22.3. The number of hydrogen-bond donors (Lipinski definition) is 6. The fraction of sp³-hybridized carbons (Fsp3) is 0.473. The summed E-state index contributed by atoms with van der Waals surface area (Å²) in [5.74, 6) is -1.27. The number of carbonyl (C=O) groups is 5. The highest BCUT2D eigenvalue weighted by Crippen LogP contribution is 2.41. The number of thiazole rings is 1. The van der Waals surface area contributed by atoms with Gasteiger partial charge in [-0.1, -0.05) is 57.9 Å². The highest BCUT2D eigenvalue weighted by Gasteiger charge is 2.45. The van der Waals surface area contributed by atoms with Crippen molar-refractivity contribution in [2.75, 3.05) is 51.1 Å². The summed E-state index contributed by atoms with van der Waals surface area (Å²) in [6, 6.07) is 10.2. The maximum absolute atomic E-state index is 15.7. The van der Waals surface area contributed by atoms with Crippen LogP contribution in [0.3, 0.4) is 0 Å². The normalized spacial score (nSPS) is 17.9. The van der Waals surface area contributed by atoms with Crippen molar-refractivity contribution >= 4 is 58.0 Å². The molecule has 6 N–H and O–H groups in total. The van der Waals surface area contributed by atoms with E-state index >= 15 is 4.39 Å². The molecule has 2 saturated heterocycles. The number of aliphatic hydroxyl groups excluding tert-OH is 1. The van der Waals surface area contributed by atoms with E-state index in [0.717, 1.165) is 70.8 Å². The number of piperazine rings is 1. The Bertz CT molecular complexity index is 3030. The molecule has 2 aliphatic heterocycles. The highest BCUT2D eigenvalue weighted by molar-refractivity contribution is 7.13. The van der Waals surface area contributed by atoms with Gasteiger partial charge in [0.05, 0.1) is 64.2 Å². The highest BCUT2D eigenvalue weighted by atomic mass is 32.1. The van der Waals surface area contributed by atoms with Gasteiger partial charge in [-0.3, -0.25) is 38.4 Å². The monoisotopic (exact) mass is 1060 g/mol. The zero-order chi connectivity index (χ0) is 53.7. The largest absolute Gasteiger partial charge is 0.391 e. The molecule has 5 amide bonds. The Morgan fingerprint density at radius 3 is 2.37 bits per heavy atom. The van der Waals surface area contributed by atoms with Gasteiger partial charge in [0.25, 0.3) is 5.91 Å². The van der Waals surface area contributed by atoms with Crippen LogP contribution in [0.1, 0.15) is 118 Å². The zero-order valence-corrected chi connectivity index (χ0v) is 44.6. The van der Waals surface area contributed by atoms with Crippen LogP contribution in [-0.2, 0) is 19.2 Å². The number of β-amino-alcohol motifs (C(OH)–C–C–N with tert-alkyl or cyclic N) is 1.